The second kappa shape index (κ2) is 7.13. The molecule has 112 valence electrons. The summed E-state index contributed by atoms with van der Waals surface area (Å²) in [5.41, 5.74) is 1.09. The first kappa shape index (κ1) is 15.4. The van der Waals surface area contributed by atoms with E-state index in [1.165, 1.54) is 19.2 Å². The summed E-state index contributed by atoms with van der Waals surface area (Å²) in [7, 11) is 1.52. The minimum Gasteiger partial charge on any atom is -0.481 e. The SMILES string of the molecule is CCCNC(c1ccc(F)cc1F)c1cccnc1OC. The number of hydrogen-bond acceptors (Lipinski definition) is 3. The van der Waals surface area contributed by atoms with E-state index in [2.05, 4.69) is 10.3 Å². The van der Waals surface area contributed by atoms with E-state index in [0.29, 0.717) is 18.0 Å². The van der Waals surface area contributed by atoms with Gasteiger partial charge in [-0.2, -0.15) is 0 Å². The van der Waals surface area contributed by atoms with E-state index in [0.717, 1.165) is 18.1 Å². The molecule has 0 saturated heterocycles. The van der Waals surface area contributed by atoms with Crippen LogP contribution < -0.4 is 10.1 Å². The summed E-state index contributed by atoms with van der Waals surface area (Å²) in [6.07, 6.45) is 2.50. The van der Waals surface area contributed by atoms with Gasteiger partial charge in [0.1, 0.15) is 11.6 Å². The summed E-state index contributed by atoms with van der Waals surface area (Å²) in [5, 5.41) is 3.25. The lowest BCUT2D eigenvalue weighted by Gasteiger charge is -2.21. The van der Waals surface area contributed by atoms with Crippen molar-refractivity contribution in [2.45, 2.75) is 19.4 Å². The molecule has 5 heteroatoms. The third-order valence-corrected chi connectivity index (χ3v) is 3.18. The number of nitrogens with zero attached hydrogens (tertiary/aromatic N) is 1. The number of hydrogen-bond donors (Lipinski definition) is 1. The van der Waals surface area contributed by atoms with Crippen molar-refractivity contribution in [3.8, 4) is 5.88 Å². The van der Waals surface area contributed by atoms with Crippen LogP contribution in [0.5, 0.6) is 5.88 Å². The molecule has 2 rings (SSSR count). The van der Waals surface area contributed by atoms with Crippen molar-refractivity contribution in [2.75, 3.05) is 13.7 Å². The van der Waals surface area contributed by atoms with Gasteiger partial charge in [0.25, 0.3) is 0 Å². The zero-order chi connectivity index (χ0) is 15.2. The fourth-order valence-corrected chi connectivity index (χ4v) is 2.21. The first-order valence-electron chi connectivity index (χ1n) is 6.84. The maximum atomic E-state index is 14.1. The Labute approximate surface area is 123 Å². The van der Waals surface area contributed by atoms with Gasteiger partial charge in [-0.25, -0.2) is 13.8 Å². The largest absolute Gasteiger partial charge is 0.481 e. The van der Waals surface area contributed by atoms with Crippen LogP contribution in [0.25, 0.3) is 0 Å². The van der Waals surface area contributed by atoms with Crippen molar-refractivity contribution >= 4 is 0 Å². The minimum absolute atomic E-state index is 0.371. The Bertz CT molecular complexity index is 605. The predicted octanol–water partition coefficient (Wildman–Crippen LogP) is 3.46. The molecule has 0 spiro atoms. The number of nitrogens with one attached hydrogen (secondary N) is 1. The van der Waals surface area contributed by atoms with E-state index in [4.69, 9.17) is 4.74 Å². The zero-order valence-electron chi connectivity index (χ0n) is 12.1. The third-order valence-electron chi connectivity index (χ3n) is 3.18. The number of methoxy groups -OCH3 is 1. The molecule has 0 radical (unpaired) electrons. The molecule has 0 amide bonds. The lowest BCUT2D eigenvalue weighted by molar-refractivity contribution is 0.386. The first-order chi connectivity index (χ1) is 10.2. The van der Waals surface area contributed by atoms with Gasteiger partial charge in [0.15, 0.2) is 0 Å². The summed E-state index contributed by atoms with van der Waals surface area (Å²) in [5.74, 6) is -0.756. The van der Waals surface area contributed by atoms with Crippen LogP contribution in [0.2, 0.25) is 0 Å². The van der Waals surface area contributed by atoms with Gasteiger partial charge < -0.3 is 10.1 Å². The number of benzene rings is 1. The van der Waals surface area contributed by atoms with Crippen molar-refractivity contribution in [3.63, 3.8) is 0 Å². The predicted molar refractivity (Wildman–Crippen MR) is 77.3 cm³/mol. The van der Waals surface area contributed by atoms with Crippen LogP contribution in [0.3, 0.4) is 0 Å². The standard InChI is InChI=1S/C16H18F2N2O/c1-3-8-19-15(12-7-6-11(17)10-14(12)18)13-5-4-9-20-16(13)21-2/h4-7,9-10,15,19H,3,8H2,1-2H3. The van der Waals surface area contributed by atoms with E-state index >= 15 is 0 Å². The third kappa shape index (κ3) is 3.55. The second-order valence-electron chi connectivity index (χ2n) is 4.65. The fourth-order valence-electron chi connectivity index (χ4n) is 2.21. The van der Waals surface area contributed by atoms with Gasteiger partial charge >= 0.3 is 0 Å². The van der Waals surface area contributed by atoms with E-state index in [1.54, 1.807) is 12.3 Å². The van der Waals surface area contributed by atoms with Crippen LogP contribution in [0.1, 0.15) is 30.5 Å². The van der Waals surface area contributed by atoms with E-state index in [1.807, 2.05) is 13.0 Å². The Balaban J connectivity index is 2.47. The number of aromatic nitrogens is 1. The Morgan fingerprint density at radius 3 is 2.71 bits per heavy atom. The monoisotopic (exact) mass is 292 g/mol. The molecular formula is C16H18F2N2O. The number of pyridine rings is 1. The van der Waals surface area contributed by atoms with Gasteiger partial charge in [-0.15, -0.1) is 0 Å². The molecule has 1 atom stereocenters. The molecule has 0 fully saturated rings. The minimum atomic E-state index is -0.594. The van der Waals surface area contributed by atoms with Crippen LogP contribution in [0.15, 0.2) is 36.5 Å². The zero-order valence-corrected chi connectivity index (χ0v) is 12.1. The van der Waals surface area contributed by atoms with Crippen LogP contribution >= 0.6 is 0 Å². The topological polar surface area (TPSA) is 34.2 Å². The Kier molecular flexibility index (Phi) is 5.22. The van der Waals surface area contributed by atoms with Crippen molar-refractivity contribution in [1.29, 1.82) is 0 Å². The highest BCUT2D eigenvalue weighted by atomic mass is 19.1. The number of halogens is 2. The second-order valence-corrected chi connectivity index (χ2v) is 4.65. The summed E-state index contributed by atoms with van der Waals surface area (Å²) >= 11 is 0. The quantitative estimate of drug-likeness (QED) is 0.885. The van der Waals surface area contributed by atoms with Gasteiger partial charge in [-0.3, -0.25) is 0 Å². The molecule has 1 unspecified atom stereocenters. The van der Waals surface area contributed by atoms with Crippen LogP contribution in [0.4, 0.5) is 8.78 Å². The highest BCUT2D eigenvalue weighted by Crippen LogP contribution is 2.30. The molecule has 0 aliphatic heterocycles. The molecule has 1 aromatic carbocycles. The van der Waals surface area contributed by atoms with Crippen molar-refractivity contribution in [2.24, 2.45) is 0 Å². The van der Waals surface area contributed by atoms with E-state index in [-0.39, 0.29) is 0 Å². The summed E-state index contributed by atoms with van der Waals surface area (Å²) < 4.78 is 32.5. The van der Waals surface area contributed by atoms with Crippen LogP contribution in [-0.4, -0.2) is 18.6 Å². The van der Waals surface area contributed by atoms with Gasteiger partial charge in [-0.1, -0.05) is 19.1 Å². The summed E-state index contributed by atoms with van der Waals surface area (Å²) in [6, 6.07) is 6.74. The summed E-state index contributed by atoms with van der Waals surface area (Å²) in [6.45, 7) is 2.71. The molecule has 21 heavy (non-hydrogen) atoms. The average molecular weight is 292 g/mol. The maximum Gasteiger partial charge on any atom is 0.218 e. The van der Waals surface area contributed by atoms with Gasteiger partial charge in [0, 0.05) is 23.4 Å². The number of ether oxygens (including phenoxy) is 1. The average Bonchev–Trinajstić information content (AvgIpc) is 2.49. The molecular weight excluding hydrogens is 274 g/mol. The highest BCUT2D eigenvalue weighted by molar-refractivity contribution is 5.38. The van der Waals surface area contributed by atoms with Gasteiger partial charge in [-0.05, 0) is 25.1 Å². The van der Waals surface area contributed by atoms with Crippen LogP contribution in [0, 0.1) is 11.6 Å². The smallest absolute Gasteiger partial charge is 0.218 e. The molecule has 1 heterocycles. The molecule has 2 aromatic rings. The van der Waals surface area contributed by atoms with Gasteiger partial charge in [0.2, 0.25) is 5.88 Å². The first-order valence-corrected chi connectivity index (χ1v) is 6.84. The fraction of sp³-hybridized carbons (Fsp3) is 0.312. The molecule has 1 aromatic heterocycles. The summed E-state index contributed by atoms with van der Waals surface area (Å²) in [4.78, 5) is 4.14. The van der Waals surface area contributed by atoms with Crippen molar-refractivity contribution in [1.82, 2.24) is 10.3 Å². The van der Waals surface area contributed by atoms with Crippen molar-refractivity contribution in [3.05, 3.63) is 59.3 Å². The Morgan fingerprint density at radius 2 is 2.05 bits per heavy atom. The van der Waals surface area contributed by atoms with Crippen LogP contribution in [-0.2, 0) is 0 Å². The molecule has 0 aliphatic rings. The number of rotatable bonds is 6. The maximum absolute atomic E-state index is 14.1. The molecule has 0 bridgehead atoms. The Morgan fingerprint density at radius 1 is 1.24 bits per heavy atom. The molecule has 1 N–H and O–H groups in total. The lowest BCUT2D eigenvalue weighted by atomic mass is 9.98. The Hall–Kier alpha value is -2.01. The lowest BCUT2D eigenvalue weighted by Crippen LogP contribution is -2.25. The highest BCUT2D eigenvalue weighted by Gasteiger charge is 2.21. The molecule has 3 nitrogen and oxygen atoms in total. The van der Waals surface area contributed by atoms with Crippen molar-refractivity contribution < 1.29 is 13.5 Å². The normalized spacial score (nSPS) is 12.2. The molecule has 0 saturated carbocycles. The van der Waals surface area contributed by atoms with Gasteiger partial charge in [0.05, 0.1) is 13.2 Å². The van der Waals surface area contributed by atoms with E-state index in [9.17, 15) is 8.78 Å². The van der Waals surface area contributed by atoms with E-state index < -0.39 is 17.7 Å². The molecule has 0 aliphatic carbocycles.